The second-order valence-electron chi connectivity index (χ2n) is 7.44. The quantitative estimate of drug-likeness (QED) is 0.628. The lowest BCUT2D eigenvalue weighted by Gasteiger charge is -2.31. The summed E-state index contributed by atoms with van der Waals surface area (Å²) < 4.78 is 10.6. The highest BCUT2D eigenvalue weighted by molar-refractivity contribution is 7.18. The fourth-order valence-corrected chi connectivity index (χ4v) is 4.66. The van der Waals surface area contributed by atoms with Crippen molar-refractivity contribution in [1.82, 2.24) is 4.90 Å². The molecular formula is C23H25N3O4S. The van der Waals surface area contributed by atoms with Crippen LogP contribution in [-0.4, -0.2) is 50.1 Å². The van der Waals surface area contributed by atoms with Gasteiger partial charge in [-0.2, -0.15) is 0 Å². The molecule has 0 spiro atoms. The molecule has 0 saturated carbocycles. The number of morpholine rings is 1. The predicted octanol–water partition coefficient (Wildman–Crippen LogP) is 4.01. The molecule has 1 aliphatic rings. The lowest BCUT2D eigenvalue weighted by molar-refractivity contribution is 0.0788. The molecule has 3 aromatic rings. The Labute approximate surface area is 185 Å². The molecule has 0 atom stereocenters. The van der Waals surface area contributed by atoms with Crippen molar-refractivity contribution < 1.29 is 18.7 Å². The Bertz CT molecular complexity index is 1050. The Balaban J connectivity index is 1.47. The van der Waals surface area contributed by atoms with Crippen LogP contribution in [0.15, 0.2) is 53.1 Å². The number of hydrogen-bond donors (Lipinski definition) is 1. The van der Waals surface area contributed by atoms with E-state index in [0.29, 0.717) is 29.6 Å². The summed E-state index contributed by atoms with van der Waals surface area (Å²) >= 11 is 1.27. The Kier molecular flexibility index (Phi) is 6.39. The number of para-hydroxylation sites is 1. The largest absolute Gasteiger partial charge is 0.459 e. The van der Waals surface area contributed by atoms with Gasteiger partial charge >= 0.3 is 0 Å². The molecule has 8 heteroatoms. The maximum Gasteiger partial charge on any atom is 0.291 e. The van der Waals surface area contributed by atoms with E-state index in [-0.39, 0.29) is 17.6 Å². The number of amides is 2. The minimum Gasteiger partial charge on any atom is -0.459 e. The Hall–Kier alpha value is -3.10. The standard InChI is InChI=1S/C23H25N3O4S/c1-16-14-20(24-22(27)19-8-5-11-30-19)31-21(16)23(28)25(2)15-17-6-3-4-7-18(17)26-9-12-29-13-10-26/h3-8,11,14H,9-10,12-13,15H2,1-2H3,(H,24,27). The lowest BCUT2D eigenvalue weighted by atomic mass is 10.1. The molecule has 31 heavy (non-hydrogen) atoms. The van der Waals surface area contributed by atoms with Gasteiger partial charge in [0.25, 0.3) is 11.8 Å². The van der Waals surface area contributed by atoms with Crippen LogP contribution in [0.25, 0.3) is 0 Å². The third kappa shape index (κ3) is 4.81. The highest BCUT2D eigenvalue weighted by Crippen LogP contribution is 2.29. The summed E-state index contributed by atoms with van der Waals surface area (Å²) in [7, 11) is 1.80. The van der Waals surface area contributed by atoms with Gasteiger partial charge in [0.15, 0.2) is 5.76 Å². The van der Waals surface area contributed by atoms with Crippen molar-refractivity contribution in [3.8, 4) is 0 Å². The van der Waals surface area contributed by atoms with Crippen molar-refractivity contribution >= 4 is 33.8 Å². The first-order valence-corrected chi connectivity index (χ1v) is 11.0. The van der Waals surface area contributed by atoms with Crippen molar-refractivity contribution in [2.45, 2.75) is 13.5 Å². The zero-order chi connectivity index (χ0) is 21.8. The van der Waals surface area contributed by atoms with Gasteiger partial charge in [-0.1, -0.05) is 18.2 Å². The molecule has 162 valence electrons. The Morgan fingerprint density at radius 1 is 1.16 bits per heavy atom. The third-order valence-electron chi connectivity index (χ3n) is 5.19. The topological polar surface area (TPSA) is 75.0 Å². The van der Waals surface area contributed by atoms with E-state index < -0.39 is 0 Å². The first-order valence-electron chi connectivity index (χ1n) is 10.1. The first-order chi connectivity index (χ1) is 15.0. The van der Waals surface area contributed by atoms with Crippen molar-refractivity contribution in [1.29, 1.82) is 0 Å². The molecule has 1 aromatic carbocycles. The fourth-order valence-electron chi connectivity index (χ4n) is 3.60. The van der Waals surface area contributed by atoms with E-state index in [4.69, 9.17) is 9.15 Å². The van der Waals surface area contributed by atoms with Gasteiger partial charge in [-0.05, 0) is 42.3 Å². The van der Waals surface area contributed by atoms with Crippen LogP contribution in [0.4, 0.5) is 10.7 Å². The summed E-state index contributed by atoms with van der Waals surface area (Å²) in [6, 6.07) is 13.2. The molecule has 4 rings (SSSR count). The van der Waals surface area contributed by atoms with Crippen LogP contribution < -0.4 is 10.2 Å². The minimum absolute atomic E-state index is 0.0715. The summed E-state index contributed by atoms with van der Waals surface area (Å²) in [4.78, 5) is 30.0. The van der Waals surface area contributed by atoms with E-state index in [2.05, 4.69) is 22.3 Å². The molecule has 0 radical (unpaired) electrons. The highest BCUT2D eigenvalue weighted by atomic mass is 32.1. The van der Waals surface area contributed by atoms with Gasteiger partial charge in [0, 0.05) is 32.4 Å². The number of hydrogen-bond acceptors (Lipinski definition) is 6. The lowest BCUT2D eigenvalue weighted by Crippen LogP contribution is -2.37. The molecule has 7 nitrogen and oxygen atoms in total. The van der Waals surface area contributed by atoms with Crippen molar-refractivity contribution in [2.24, 2.45) is 0 Å². The molecule has 2 aromatic heterocycles. The molecular weight excluding hydrogens is 414 g/mol. The van der Waals surface area contributed by atoms with Gasteiger partial charge in [-0.15, -0.1) is 11.3 Å². The number of carbonyl (C=O) groups is 2. The number of anilines is 2. The maximum absolute atomic E-state index is 13.2. The van der Waals surface area contributed by atoms with E-state index in [1.54, 1.807) is 24.1 Å². The van der Waals surface area contributed by atoms with E-state index in [0.717, 1.165) is 29.9 Å². The van der Waals surface area contributed by atoms with E-state index in [1.807, 2.05) is 25.1 Å². The van der Waals surface area contributed by atoms with Crippen molar-refractivity contribution in [3.63, 3.8) is 0 Å². The molecule has 1 N–H and O–H groups in total. The number of ether oxygens (including phenoxy) is 1. The van der Waals surface area contributed by atoms with E-state index in [9.17, 15) is 9.59 Å². The van der Waals surface area contributed by atoms with Crippen LogP contribution in [-0.2, 0) is 11.3 Å². The number of nitrogens with one attached hydrogen (secondary N) is 1. The third-order valence-corrected chi connectivity index (χ3v) is 6.33. The number of nitrogens with zero attached hydrogens (tertiary/aromatic N) is 2. The second kappa shape index (κ2) is 9.36. The zero-order valence-corrected chi connectivity index (χ0v) is 18.4. The molecule has 1 fully saturated rings. The number of carbonyl (C=O) groups excluding carboxylic acids is 2. The number of thiophene rings is 1. The smallest absolute Gasteiger partial charge is 0.291 e. The van der Waals surface area contributed by atoms with Crippen LogP contribution in [0.1, 0.15) is 31.4 Å². The maximum atomic E-state index is 13.2. The average Bonchev–Trinajstić information content (AvgIpc) is 3.44. The summed E-state index contributed by atoms with van der Waals surface area (Å²) in [6.45, 7) is 5.49. The molecule has 1 aliphatic heterocycles. The van der Waals surface area contributed by atoms with Gasteiger partial charge in [0.2, 0.25) is 0 Å². The van der Waals surface area contributed by atoms with Crippen molar-refractivity contribution in [2.75, 3.05) is 43.6 Å². The Morgan fingerprint density at radius 2 is 1.94 bits per heavy atom. The average molecular weight is 440 g/mol. The van der Waals surface area contributed by atoms with Gasteiger partial charge in [0.1, 0.15) is 0 Å². The van der Waals surface area contributed by atoms with Gasteiger partial charge in [-0.25, -0.2) is 0 Å². The molecule has 2 amide bonds. The highest BCUT2D eigenvalue weighted by Gasteiger charge is 2.21. The van der Waals surface area contributed by atoms with Crippen LogP contribution in [0, 0.1) is 6.92 Å². The summed E-state index contributed by atoms with van der Waals surface area (Å²) in [5.41, 5.74) is 3.07. The van der Waals surface area contributed by atoms with E-state index in [1.165, 1.54) is 17.6 Å². The number of rotatable bonds is 6. The first kappa shape index (κ1) is 21.1. The van der Waals surface area contributed by atoms with Gasteiger partial charge in [0.05, 0.1) is 29.4 Å². The SMILES string of the molecule is Cc1cc(NC(=O)c2ccco2)sc1C(=O)N(C)Cc1ccccc1N1CCOCC1. The van der Waals surface area contributed by atoms with Gasteiger partial charge < -0.3 is 24.3 Å². The van der Waals surface area contributed by atoms with Crippen molar-refractivity contribution in [3.05, 3.63) is 70.5 Å². The summed E-state index contributed by atoms with van der Waals surface area (Å²) in [5.74, 6) is -0.174. The number of aryl methyl sites for hydroxylation is 1. The predicted molar refractivity (Wildman–Crippen MR) is 121 cm³/mol. The monoisotopic (exact) mass is 439 g/mol. The van der Waals surface area contributed by atoms with Crippen LogP contribution >= 0.6 is 11.3 Å². The normalized spacial score (nSPS) is 13.8. The molecule has 3 heterocycles. The Morgan fingerprint density at radius 3 is 2.68 bits per heavy atom. The molecule has 1 saturated heterocycles. The second-order valence-corrected chi connectivity index (χ2v) is 8.50. The zero-order valence-electron chi connectivity index (χ0n) is 17.6. The minimum atomic E-state index is -0.335. The molecule has 0 unspecified atom stereocenters. The summed E-state index contributed by atoms with van der Waals surface area (Å²) in [6.07, 6.45) is 1.45. The van der Waals surface area contributed by atoms with Gasteiger partial charge in [-0.3, -0.25) is 9.59 Å². The fraction of sp³-hybridized carbons (Fsp3) is 0.304. The van der Waals surface area contributed by atoms with Crippen LogP contribution in [0.2, 0.25) is 0 Å². The molecule has 0 bridgehead atoms. The number of furan rings is 1. The number of benzene rings is 1. The van der Waals surface area contributed by atoms with Crippen LogP contribution in [0.3, 0.4) is 0 Å². The summed E-state index contributed by atoms with van der Waals surface area (Å²) in [5, 5.41) is 3.41. The van der Waals surface area contributed by atoms with Crippen LogP contribution in [0.5, 0.6) is 0 Å². The van der Waals surface area contributed by atoms with E-state index >= 15 is 0 Å². The molecule has 0 aliphatic carbocycles.